The van der Waals surface area contributed by atoms with E-state index >= 15 is 0 Å². The first kappa shape index (κ1) is 23.4. The number of anilines is 1. The van der Waals surface area contributed by atoms with E-state index in [4.69, 9.17) is 27.9 Å². The largest absolute Gasteiger partial charge is 0.488 e. The summed E-state index contributed by atoms with van der Waals surface area (Å²) in [5.41, 5.74) is 5.14. The molecule has 0 saturated carbocycles. The number of benzene rings is 3. The van der Waals surface area contributed by atoms with Crippen LogP contribution in [0.2, 0.25) is 10.0 Å². The zero-order valence-electron chi connectivity index (χ0n) is 18.0. The molecule has 3 rings (SSSR count). The van der Waals surface area contributed by atoms with E-state index < -0.39 is 5.91 Å². The number of hydrogen-bond donors (Lipinski definition) is 1. The molecule has 0 aliphatic carbocycles. The van der Waals surface area contributed by atoms with Crippen LogP contribution in [0.4, 0.5) is 5.69 Å². The molecule has 0 radical (unpaired) electrons. The Kier molecular flexibility index (Phi) is 7.58. The van der Waals surface area contributed by atoms with Gasteiger partial charge in [0.25, 0.3) is 5.91 Å². The zero-order chi connectivity index (χ0) is 23.3. The average Bonchev–Trinajstić information content (AvgIpc) is 2.73. The molecule has 0 spiro atoms. The van der Waals surface area contributed by atoms with Gasteiger partial charge in [-0.3, -0.25) is 4.79 Å². The van der Waals surface area contributed by atoms with Gasteiger partial charge in [-0.25, -0.2) is 0 Å². The van der Waals surface area contributed by atoms with Crippen LogP contribution in [-0.2, 0) is 11.4 Å². The van der Waals surface area contributed by atoms with Crippen molar-refractivity contribution in [2.24, 2.45) is 0 Å². The third kappa shape index (κ3) is 5.91. The number of nitrogens with one attached hydrogen (secondary N) is 1. The van der Waals surface area contributed by atoms with E-state index in [0.29, 0.717) is 22.3 Å². The molecule has 3 aromatic rings. The lowest BCUT2D eigenvalue weighted by Crippen LogP contribution is -2.13. The third-order valence-corrected chi connectivity index (χ3v) is 5.54. The molecule has 1 N–H and O–H groups in total. The molecule has 0 unspecified atom stereocenters. The summed E-state index contributed by atoms with van der Waals surface area (Å²) in [5, 5.41) is 13.3. The Morgan fingerprint density at radius 3 is 2.38 bits per heavy atom. The van der Waals surface area contributed by atoms with E-state index in [1.807, 2.05) is 63.2 Å². The highest BCUT2D eigenvalue weighted by Gasteiger charge is 2.12. The molecule has 4 nitrogen and oxygen atoms in total. The molecule has 0 aromatic heterocycles. The van der Waals surface area contributed by atoms with Gasteiger partial charge in [0.15, 0.2) is 0 Å². The molecular weight excluding hydrogens is 443 g/mol. The van der Waals surface area contributed by atoms with Crippen molar-refractivity contribution in [2.75, 3.05) is 5.32 Å². The fraction of sp³-hybridized carbons (Fsp3) is 0.154. The molecule has 162 valence electrons. The molecule has 0 saturated heterocycles. The first-order valence-corrected chi connectivity index (χ1v) is 10.7. The van der Waals surface area contributed by atoms with Gasteiger partial charge in [0.2, 0.25) is 0 Å². The molecule has 6 heteroatoms. The summed E-state index contributed by atoms with van der Waals surface area (Å²) in [6.07, 6.45) is 1.58. The zero-order valence-corrected chi connectivity index (χ0v) is 19.5. The van der Waals surface area contributed by atoms with Crippen molar-refractivity contribution in [3.8, 4) is 11.8 Å². The second-order valence-corrected chi connectivity index (χ2v) is 8.33. The average molecular weight is 465 g/mol. The van der Waals surface area contributed by atoms with Gasteiger partial charge >= 0.3 is 0 Å². The number of hydrogen-bond acceptors (Lipinski definition) is 3. The SMILES string of the molecule is Cc1cccc(NC(=O)/C(C#N)=C/c2cc(C)c(OCc3ccc(Cl)c(Cl)c3)c(C)c2)c1. The number of carbonyl (C=O) groups excluding carboxylic acids is 1. The molecule has 0 atom stereocenters. The van der Waals surface area contributed by atoms with Crippen LogP contribution in [-0.4, -0.2) is 5.91 Å². The monoisotopic (exact) mass is 464 g/mol. The van der Waals surface area contributed by atoms with Crippen LogP contribution in [0.15, 0.2) is 60.2 Å². The van der Waals surface area contributed by atoms with Gasteiger partial charge in [0, 0.05) is 5.69 Å². The summed E-state index contributed by atoms with van der Waals surface area (Å²) in [6, 6.07) is 18.6. The summed E-state index contributed by atoms with van der Waals surface area (Å²) in [5.74, 6) is 0.296. The van der Waals surface area contributed by atoms with Crippen LogP contribution in [0.25, 0.3) is 6.08 Å². The Bertz CT molecular complexity index is 1220. The van der Waals surface area contributed by atoms with Crippen LogP contribution < -0.4 is 10.1 Å². The van der Waals surface area contributed by atoms with Gasteiger partial charge in [-0.05, 0) is 91.1 Å². The van der Waals surface area contributed by atoms with Gasteiger partial charge in [-0.1, -0.05) is 41.4 Å². The predicted molar refractivity (Wildman–Crippen MR) is 130 cm³/mol. The quantitative estimate of drug-likeness (QED) is 0.314. The van der Waals surface area contributed by atoms with E-state index in [1.54, 1.807) is 24.3 Å². The summed E-state index contributed by atoms with van der Waals surface area (Å²) in [4.78, 5) is 12.6. The Morgan fingerprint density at radius 2 is 1.75 bits per heavy atom. The molecular formula is C26H22Cl2N2O2. The van der Waals surface area contributed by atoms with Crippen molar-refractivity contribution >= 4 is 40.9 Å². The molecule has 0 fully saturated rings. The van der Waals surface area contributed by atoms with E-state index in [2.05, 4.69) is 5.32 Å². The topological polar surface area (TPSA) is 62.1 Å². The first-order chi connectivity index (χ1) is 15.3. The number of rotatable bonds is 6. The number of ether oxygens (including phenoxy) is 1. The van der Waals surface area contributed by atoms with E-state index in [1.165, 1.54) is 0 Å². The second kappa shape index (κ2) is 10.4. The molecule has 0 bridgehead atoms. The van der Waals surface area contributed by atoms with Crippen LogP contribution in [0.5, 0.6) is 5.75 Å². The maximum atomic E-state index is 12.6. The predicted octanol–water partition coefficient (Wildman–Crippen LogP) is 7.04. The Hall–Kier alpha value is -3.26. The summed E-state index contributed by atoms with van der Waals surface area (Å²) < 4.78 is 6.01. The standard InChI is InChI=1S/C26H22Cl2N2O2/c1-16-5-4-6-22(9-16)30-26(31)21(14-29)12-20-10-17(2)25(18(3)11-20)32-15-19-7-8-23(27)24(28)13-19/h4-13H,15H2,1-3H3,(H,30,31)/b21-12+. The maximum Gasteiger partial charge on any atom is 0.266 e. The molecule has 0 aliphatic heterocycles. The van der Waals surface area contributed by atoms with Crippen molar-refractivity contribution in [1.29, 1.82) is 5.26 Å². The van der Waals surface area contributed by atoms with Crippen molar-refractivity contribution in [1.82, 2.24) is 0 Å². The van der Waals surface area contributed by atoms with Crippen molar-refractivity contribution < 1.29 is 9.53 Å². The minimum atomic E-state index is -0.451. The van der Waals surface area contributed by atoms with Crippen LogP contribution >= 0.6 is 23.2 Å². The molecule has 0 aliphatic rings. The minimum Gasteiger partial charge on any atom is -0.488 e. The third-order valence-electron chi connectivity index (χ3n) is 4.80. The summed E-state index contributed by atoms with van der Waals surface area (Å²) in [6.45, 7) is 6.13. The summed E-state index contributed by atoms with van der Waals surface area (Å²) >= 11 is 12.0. The minimum absolute atomic E-state index is 0.0229. The Morgan fingerprint density at radius 1 is 1.03 bits per heavy atom. The van der Waals surface area contributed by atoms with Crippen LogP contribution in [0.3, 0.4) is 0 Å². The molecule has 1 amide bonds. The molecule has 3 aromatic carbocycles. The fourth-order valence-electron chi connectivity index (χ4n) is 3.32. The second-order valence-electron chi connectivity index (χ2n) is 7.51. The number of nitriles is 1. The lowest BCUT2D eigenvalue weighted by Gasteiger charge is -2.14. The number of halogens is 2. The van der Waals surface area contributed by atoms with Gasteiger partial charge < -0.3 is 10.1 Å². The van der Waals surface area contributed by atoms with Crippen molar-refractivity contribution in [2.45, 2.75) is 27.4 Å². The van der Waals surface area contributed by atoms with Crippen molar-refractivity contribution in [3.05, 3.63) is 98.0 Å². The Balaban J connectivity index is 1.77. The molecule has 0 heterocycles. The first-order valence-electron chi connectivity index (χ1n) is 9.94. The van der Waals surface area contributed by atoms with E-state index in [-0.39, 0.29) is 5.57 Å². The van der Waals surface area contributed by atoms with E-state index in [9.17, 15) is 10.1 Å². The lowest BCUT2D eigenvalue weighted by molar-refractivity contribution is -0.112. The Labute approximate surface area is 198 Å². The maximum absolute atomic E-state index is 12.6. The smallest absolute Gasteiger partial charge is 0.266 e. The normalized spacial score (nSPS) is 11.1. The highest BCUT2D eigenvalue weighted by atomic mass is 35.5. The number of nitrogens with zero attached hydrogens (tertiary/aromatic N) is 1. The number of aryl methyl sites for hydroxylation is 3. The van der Waals surface area contributed by atoms with Gasteiger partial charge in [0.1, 0.15) is 24.0 Å². The van der Waals surface area contributed by atoms with Crippen LogP contribution in [0.1, 0.15) is 27.8 Å². The number of carbonyl (C=O) groups is 1. The van der Waals surface area contributed by atoms with Gasteiger partial charge in [0.05, 0.1) is 10.0 Å². The highest BCUT2D eigenvalue weighted by molar-refractivity contribution is 6.42. The van der Waals surface area contributed by atoms with Crippen LogP contribution in [0, 0.1) is 32.1 Å². The van der Waals surface area contributed by atoms with E-state index in [0.717, 1.165) is 33.6 Å². The van der Waals surface area contributed by atoms with Crippen molar-refractivity contribution in [3.63, 3.8) is 0 Å². The van der Waals surface area contributed by atoms with Gasteiger partial charge in [-0.2, -0.15) is 5.26 Å². The highest BCUT2D eigenvalue weighted by Crippen LogP contribution is 2.28. The number of amides is 1. The summed E-state index contributed by atoms with van der Waals surface area (Å²) in [7, 11) is 0. The molecule has 32 heavy (non-hydrogen) atoms. The van der Waals surface area contributed by atoms with Gasteiger partial charge in [-0.15, -0.1) is 0 Å². The lowest BCUT2D eigenvalue weighted by atomic mass is 10.0. The fourth-order valence-corrected chi connectivity index (χ4v) is 3.64.